The maximum Gasteiger partial charge on any atom is 0.333 e. The Morgan fingerprint density at radius 3 is 2.19 bits per heavy atom. The molecule has 1 rings (SSSR count). The van der Waals surface area contributed by atoms with Crippen molar-refractivity contribution in [3.63, 3.8) is 0 Å². The topological polar surface area (TPSA) is 157 Å². The lowest BCUT2D eigenvalue weighted by atomic mass is 9.98. The van der Waals surface area contributed by atoms with E-state index >= 15 is 0 Å². The van der Waals surface area contributed by atoms with Crippen LogP contribution in [0.4, 0.5) is 0 Å². The molecule has 5 atom stereocenters. The van der Waals surface area contributed by atoms with Crippen molar-refractivity contribution in [2.45, 2.75) is 30.6 Å². The van der Waals surface area contributed by atoms with E-state index in [-0.39, 0.29) is 0 Å². The molecule has 6 N–H and O–H groups in total. The number of ether oxygens (including phenoxy) is 1. The van der Waals surface area contributed by atoms with Gasteiger partial charge in [-0.1, -0.05) is 0 Å². The van der Waals surface area contributed by atoms with Gasteiger partial charge in [0.05, 0.1) is 6.61 Å². The molecule has 0 amide bonds. The van der Waals surface area contributed by atoms with Gasteiger partial charge in [0.15, 0.2) is 6.29 Å². The first-order valence-corrected chi connectivity index (χ1v) is 5.75. The molecular formula is C6H13NO8S. The first-order valence-electron chi connectivity index (χ1n) is 4.31. The SMILES string of the molecule is O=S(=O)(O)NC1C(O)OC(CO)[C@@H](O)C1O. The first kappa shape index (κ1) is 13.7. The summed E-state index contributed by atoms with van der Waals surface area (Å²) < 4.78 is 35.6. The monoisotopic (exact) mass is 259 g/mol. The third kappa shape index (κ3) is 3.09. The fourth-order valence-corrected chi connectivity index (χ4v) is 2.00. The van der Waals surface area contributed by atoms with Crippen molar-refractivity contribution in [1.29, 1.82) is 0 Å². The Bertz CT molecular complexity index is 331. The summed E-state index contributed by atoms with van der Waals surface area (Å²) in [5.41, 5.74) is 0. The van der Waals surface area contributed by atoms with Gasteiger partial charge in [0.25, 0.3) is 0 Å². The second-order valence-electron chi connectivity index (χ2n) is 3.35. The van der Waals surface area contributed by atoms with E-state index < -0.39 is 47.6 Å². The van der Waals surface area contributed by atoms with Gasteiger partial charge in [0, 0.05) is 0 Å². The highest BCUT2D eigenvalue weighted by atomic mass is 32.2. The molecule has 0 aromatic rings. The van der Waals surface area contributed by atoms with Gasteiger partial charge in [-0.05, 0) is 0 Å². The first-order chi connectivity index (χ1) is 7.26. The van der Waals surface area contributed by atoms with Crippen LogP contribution in [0.3, 0.4) is 0 Å². The van der Waals surface area contributed by atoms with E-state index in [1.165, 1.54) is 4.72 Å². The third-order valence-electron chi connectivity index (χ3n) is 2.19. The van der Waals surface area contributed by atoms with Crippen LogP contribution >= 0.6 is 0 Å². The van der Waals surface area contributed by atoms with Gasteiger partial charge < -0.3 is 25.2 Å². The summed E-state index contributed by atoms with van der Waals surface area (Å²) in [6.07, 6.45) is -6.34. The van der Waals surface area contributed by atoms with Crippen molar-refractivity contribution in [1.82, 2.24) is 4.72 Å². The lowest BCUT2D eigenvalue weighted by molar-refractivity contribution is -0.251. The zero-order valence-corrected chi connectivity index (χ0v) is 8.78. The summed E-state index contributed by atoms with van der Waals surface area (Å²) in [6, 6.07) is -1.62. The highest BCUT2D eigenvalue weighted by Crippen LogP contribution is 2.19. The van der Waals surface area contributed by atoms with Crippen molar-refractivity contribution >= 4 is 10.3 Å². The zero-order chi connectivity index (χ0) is 12.5. The molecule has 4 unspecified atom stereocenters. The van der Waals surface area contributed by atoms with Gasteiger partial charge in [0.2, 0.25) is 0 Å². The van der Waals surface area contributed by atoms with Crippen LogP contribution in [0.15, 0.2) is 0 Å². The number of nitrogens with one attached hydrogen (secondary N) is 1. The Labute approximate surface area is 91.2 Å². The van der Waals surface area contributed by atoms with Gasteiger partial charge in [-0.2, -0.15) is 13.1 Å². The zero-order valence-electron chi connectivity index (χ0n) is 7.96. The molecular weight excluding hydrogens is 246 g/mol. The van der Waals surface area contributed by atoms with Gasteiger partial charge >= 0.3 is 10.3 Å². The molecule has 1 saturated heterocycles. The second-order valence-corrected chi connectivity index (χ2v) is 4.53. The molecule has 0 bridgehead atoms. The van der Waals surface area contributed by atoms with E-state index in [0.29, 0.717) is 0 Å². The van der Waals surface area contributed by atoms with Crippen molar-refractivity contribution < 1.29 is 38.1 Å². The highest BCUT2D eigenvalue weighted by Gasteiger charge is 2.44. The van der Waals surface area contributed by atoms with Gasteiger partial charge in [-0.25, -0.2) is 0 Å². The summed E-state index contributed by atoms with van der Waals surface area (Å²) >= 11 is 0. The Hall–Kier alpha value is -0.330. The van der Waals surface area contributed by atoms with E-state index in [1.807, 2.05) is 0 Å². The molecule has 0 aromatic heterocycles. The third-order valence-corrected chi connectivity index (χ3v) is 2.76. The molecule has 1 heterocycles. The van der Waals surface area contributed by atoms with E-state index in [2.05, 4.69) is 4.74 Å². The van der Waals surface area contributed by atoms with Crippen LogP contribution in [0.2, 0.25) is 0 Å². The number of aliphatic hydroxyl groups is 4. The quantitative estimate of drug-likeness (QED) is 0.281. The molecule has 1 fully saturated rings. The van der Waals surface area contributed by atoms with Crippen molar-refractivity contribution in [3.8, 4) is 0 Å². The Morgan fingerprint density at radius 2 is 1.75 bits per heavy atom. The fraction of sp³-hybridized carbons (Fsp3) is 1.00. The smallest absolute Gasteiger partial charge is 0.333 e. The van der Waals surface area contributed by atoms with Crippen molar-refractivity contribution in [3.05, 3.63) is 0 Å². The maximum absolute atomic E-state index is 10.5. The number of rotatable bonds is 3. The van der Waals surface area contributed by atoms with Crippen LogP contribution in [-0.2, 0) is 15.0 Å². The number of hydrogen-bond donors (Lipinski definition) is 6. The lowest BCUT2D eigenvalue weighted by Crippen LogP contribution is -2.64. The predicted molar refractivity (Wildman–Crippen MR) is 48.5 cm³/mol. The molecule has 0 aliphatic carbocycles. The van der Waals surface area contributed by atoms with Crippen LogP contribution in [0.1, 0.15) is 0 Å². The second kappa shape index (κ2) is 4.89. The Morgan fingerprint density at radius 1 is 1.19 bits per heavy atom. The predicted octanol–water partition coefficient (Wildman–Crippen LogP) is -3.82. The molecule has 1 aliphatic heterocycles. The largest absolute Gasteiger partial charge is 0.394 e. The van der Waals surface area contributed by atoms with Gasteiger partial charge in [0.1, 0.15) is 24.4 Å². The van der Waals surface area contributed by atoms with Crippen LogP contribution in [0.25, 0.3) is 0 Å². The van der Waals surface area contributed by atoms with Crippen LogP contribution < -0.4 is 4.72 Å². The van der Waals surface area contributed by atoms with E-state index in [0.717, 1.165) is 0 Å². The number of aliphatic hydroxyl groups excluding tert-OH is 4. The van der Waals surface area contributed by atoms with Gasteiger partial charge in [-0.3, -0.25) is 4.55 Å². The molecule has 0 saturated carbocycles. The minimum Gasteiger partial charge on any atom is -0.394 e. The highest BCUT2D eigenvalue weighted by molar-refractivity contribution is 7.83. The minimum atomic E-state index is -4.66. The standard InChI is InChI=1S/C6H13NO8S/c8-1-2-4(9)5(10)3(6(11)15-2)7-16(12,13)14/h2-11H,1H2,(H,12,13,14)/t2?,3?,4-,5?,6?/m1/s1. The molecule has 0 radical (unpaired) electrons. The summed E-state index contributed by atoms with van der Waals surface area (Å²) in [7, 11) is -4.66. The van der Waals surface area contributed by atoms with E-state index in [9.17, 15) is 23.7 Å². The summed E-state index contributed by atoms with van der Waals surface area (Å²) in [5, 5.41) is 36.8. The van der Waals surface area contributed by atoms with E-state index in [4.69, 9.17) is 9.66 Å². The average Bonchev–Trinajstić information content (AvgIpc) is 2.17. The van der Waals surface area contributed by atoms with Crippen molar-refractivity contribution in [2.24, 2.45) is 0 Å². The maximum atomic E-state index is 10.5. The summed E-state index contributed by atoms with van der Waals surface area (Å²) in [4.78, 5) is 0. The minimum absolute atomic E-state index is 0.659. The molecule has 96 valence electrons. The van der Waals surface area contributed by atoms with Crippen LogP contribution in [-0.4, -0.2) is 70.6 Å². The molecule has 9 nitrogen and oxygen atoms in total. The molecule has 16 heavy (non-hydrogen) atoms. The van der Waals surface area contributed by atoms with Gasteiger partial charge in [-0.15, -0.1) is 0 Å². The Kier molecular flexibility index (Phi) is 4.20. The van der Waals surface area contributed by atoms with Crippen LogP contribution in [0.5, 0.6) is 0 Å². The normalized spacial score (nSPS) is 40.9. The summed E-state index contributed by atoms with van der Waals surface area (Å²) in [5.74, 6) is 0. The molecule has 10 heteroatoms. The average molecular weight is 259 g/mol. The van der Waals surface area contributed by atoms with Crippen LogP contribution in [0, 0.1) is 0 Å². The molecule has 0 aromatic carbocycles. The lowest BCUT2D eigenvalue weighted by Gasteiger charge is -2.39. The molecule has 1 aliphatic rings. The fourth-order valence-electron chi connectivity index (χ4n) is 1.40. The van der Waals surface area contributed by atoms with Crippen molar-refractivity contribution in [2.75, 3.05) is 6.61 Å². The van der Waals surface area contributed by atoms with E-state index in [1.54, 1.807) is 0 Å². The molecule has 0 spiro atoms. The number of hydrogen-bond acceptors (Lipinski definition) is 7. The Balaban J connectivity index is 2.80. The summed E-state index contributed by atoms with van der Waals surface area (Å²) in [6.45, 7) is -0.659.